The molecule has 15 heavy (non-hydrogen) atoms. The summed E-state index contributed by atoms with van der Waals surface area (Å²) in [5.41, 5.74) is 0. The summed E-state index contributed by atoms with van der Waals surface area (Å²) >= 11 is 0. The second-order valence-corrected chi connectivity index (χ2v) is 3.36. The quantitative estimate of drug-likeness (QED) is 0.611. The molecule has 0 aliphatic heterocycles. The second-order valence-electron chi connectivity index (χ2n) is 3.36. The molecule has 0 bridgehead atoms. The summed E-state index contributed by atoms with van der Waals surface area (Å²) in [5.74, 6) is -0.525. The fraction of sp³-hybridized carbons (Fsp3) is 0.818. The number of rotatable bonds is 7. The van der Waals surface area contributed by atoms with Crippen molar-refractivity contribution in [3.05, 3.63) is 0 Å². The minimum Gasteiger partial charge on any atom is -0.466 e. The van der Waals surface area contributed by atoms with E-state index in [4.69, 9.17) is 9.47 Å². The third-order valence-electron chi connectivity index (χ3n) is 1.92. The van der Waals surface area contributed by atoms with E-state index in [1.54, 1.807) is 6.92 Å². The number of carbonyl (C=O) groups excluding carboxylic acids is 2. The largest absolute Gasteiger partial charge is 0.466 e. The van der Waals surface area contributed by atoms with Crippen molar-refractivity contribution in [3.8, 4) is 0 Å². The van der Waals surface area contributed by atoms with Crippen molar-refractivity contribution in [1.29, 1.82) is 0 Å². The average molecular weight is 216 g/mol. The fourth-order valence-corrected chi connectivity index (χ4v) is 1.33. The van der Waals surface area contributed by atoms with Crippen LogP contribution in [0.3, 0.4) is 0 Å². The molecule has 0 saturated carbocycles. The molecule has 0 radical (unpaired) electrons. The zero-order chi connectivity index (χ0) is 11.7. The molecule has 0 spiro atoms. The highest BCUT2D eigenvalue weighted by Gasteiger charge is 2.13. The maximum atomic E-state index is 11.1. The molecule has 0 aromatic rings. The lowest BCUT2D eigenvalue weighted by molar-refractivity contribution is -0.150. The average Bonchev–Trinajstić information content (AvgIpc) is 2.14. The highest BCUT2D eigenvalue weighted by molar-refractivity contribution is 5.69. The first kappa shape index (κ1) is 13.9. The Kier molecular flexibility index (Phi) is 7.68. The zero-order valence-electron chi connectivity index (χ0n) is 9.75. The Morgan fingerprint density at radius 3 is 2.33 bits per heavy atom. The maximum Gasteiger partial charge on any atom is 0.305 e. The molecule has 4 heteroatoms. The van der Waals surface area contributed by atoms with E-state index in [-0.39, 0.29) is 18.0 Å². The van der Waals surface area contributed by atoms with Gasteiger partial charge in [-0.3, -0.25) is 9.59 Å². The second kappa shape index (κ2) is 8.26. The lowest BCUT2D eigenvalue weighted by Gasteiger charge is -2.15. The molecule has 4 nitrogen and oxygen atoms in total. The van der Waals surface area contributed by atoms with E-state index in [0.29, 0.717) is 19.4 Å². The van der Waals surface area contributed by atoms with Gasteiger partial charge in [0, 0.05) is 13.3 Å². The summed E-state index contributed by atoms with van der Waals surface area (Å²) in [6.07, 6.45) is 2.43. The van der Waals surface area contributed by atoms with Gasteiger partial charge in [-0.15, -0.1) is 0 Å². The standard InChI is InChI=1S/C11H20O4/c1-4-6-10(15-9(3)12)7-8-11(13)14-5-2/h10H,4-8H2,1-3H3. The van der Waals surface area contributed by atoms with E-state index in [1.807, 2.05) is 6.92 Å². The van der Waals surface area contributed by atoms with Crippen molar-refractivity contribution in [2.75, 3.05) is 6.61 Å². The van der Waals surface area contributed by atoms with Gasteiger partial charge in [0.2, 0.25) is 0 Å². The van der Waals surface area contributed by atoms with Crippen molar-refractivity contribution in [2.45, 2.75) is 52.6 Å². The third-order valence-corrected chi connectivity index (χ3v) is 1.92. The third kappa shape index (κ3) is 7.97. The topological polar surface area (TPSA) is 52.6 Å². The van der Waals surface area contributed by atoms with Gasteiger partial charge in [0.15, 0.2) is 0 Å². The van der Waals surface area contributed by atoms with Crippen LogP contribution in [0.25, 0.3) is 0 Å². The first-order valence-electron chi connectivity index (χ1n) is 5.43. The summed E-state index contributed by atoms with van der Waals surface area (Å²) in [7, 11) is 0. The lowest BCUT2D eigenvalue weighted by atomic mass is 10.1. The lowest BCUT2D eigenvalue weighted by Crippen LogP contribution is -2.18. The van der Waals surface area contributed by atoms with Crippen LogP contribution in [0.1, 0.15) is 46.5 Å². The van der Waals surface area contributed by atoms with Crippen LogP contribution >= 0.6 is 0 Å². The highest BCUT2D eigenvalue weighted by Crippen LogP contribution is 2.10. The van der Waals surface area contributed by atoms with Crippen molar-refractivity contribution < 1.29 is 19.1 Å². The van der Waals surface area contributed by atoms with Gasteiger partial charge < -0.3 is 9.47 Å². The van der Waals surface area contributed by atoms with Crippen LogP contribution < -0.4 is 0 Å². The molecule has 0 saturated heterocycles. The summed E-state index contributed by atoms with van der Waals surface area (Å²) in [6.45, 7) is 5.56. The first-order valence-corrected chi connectivity index (χ1v) is 5.43. The minimum absolute atomic E-state index is 0.156. The molecule has 1 atom stereocenters. The Morgan fingerprint density at radius 1 is 1.20 bits per heavy atom. The van der Waals surface area contributed by atoms with Gasteiger partial charge in [0.05, 0.1) is 6.61 Å². The zero-order valence-corrected chi connectivity index (χ0v) is 9.75. The van der Waals surface area contributed by atoms with Gasteiger partial charge in [-0.25, -0.2) is 0 Å². The Balaban J connectivity index is 3.84. The van der Waals surface area contributed by atoms with Crippen LogP contribution in [0.5, 0.6) is 0 Å². The molecular formula is C11H20O4. The van der Waals surface area contributed by atoms with Crippen molar-refractivity contribution in [2.24, 2.45) is 0 Å². The monoisotopic (exact) mass is 216 g/mol. The van der Waals surface area contributed by atoms with Crippen LogP contribution in [0.4, 0.5) is 0 Å². The molecular weight excluding hydrogens is 196 g/mol. The van der Waals surface area contributed by atoms with E-state index in [0.717, 1.165) is 12.8 Å². The summed E-state index contributed by atoms with van der Waals surface area (Å²) in [4.78, 5) is 21.8. The molecule has 0 rings (SSSR count). The Bertz CT molecular complexity index is 201. The molecule has 0 aliphatic rings. The van der Waals surface area contributed by atoms with E-state index in [2.05, 4.69) is 0 Å². The Hall–Kier alpha value is -1.06. The molecule has 1 unspecified atom stereocenters. The van der Waals surface area contributed by atoms with E-state index in [1.165, 1.54) is 6.92 Å². The van der Waals surface area contributed by atoms with Crippen LogP contribution in [0.2, 0.25) is 0 Å². The van der Waals surface area contributed by atoms with Gasteiger partial charge in [-0.05, 0) is 19.8 Å². The van der Waals surface area contributed by atoms with Crippen LogP contribution in [-0.2, 0) is 19.1 Å². The summed E-state index contributed by atoms with van der Waals surface area (Å²) in [5, 5.41) is 0. The number of carbonyl (C=O) groups is 2. The predicted octanol–water partition coefficient (Wildman–Crippen LogP) is 2.06. The van der Waals surface area contributed by atoms with Crippen LogP contribution in [0, 0.1) is 0 Å². The van der Waals surface area contributed by atoms with E-state index < -0.39 is 0 Å². The van der Waals surface area contributed by atoms with Crippen LogP contribution in [0.15, 0.2) is 0 Å². The molecule has 0 fully saturated rings. The molecule has 0 heterocycles. The Labute approximate surface area is 90.9 Å². The normalized spacial score (nSPS) is 11.9. The summed E-state index contributed by atoms with van der Waals surface area (Å²) in [6, 6.07) is 0. The van der Waals surface area contributed by atoms with Gasteiger partial charge in [0.1, 0.15) is 6.10 Å². The molecule has 0 amide bonds. The van der Waals surface area contributed by atoms with Crippen molar-refractivity contribution in [3.63, 3.8) is 0 Å². The smallest absolute Gasteiger partial charge is 0.305 e. The predicted molar refractivity (Wildman–Crippen MR) is 56.3 cm³/mol. The van der Waals surface area contributed by atoms with E-state index >= 15 is 0 Å². The SMILES string of the molecule is CCCC(CCC(=O)OCC)OC(C)=O. The number of ether oxygens (including phenoxy) is 2. The van der Waals surface area contributed by atoms with Gasteiger partial charge in [-0.1, -0.05) is 13.3 Å². The van der Waals surface area contributed by atoms with E-state index in [9.17, 15) is 9.59 Å². The van der Waals surface area contributed by atoms with Gasteiger partial charge >= 0.3 is 11.9 Å². The molecule has 0 aliphatic carbocycles. The summed E-state index contributed by atoms with van der Waals surface area (Å²) < 4.78 is 9.87. The highest BCUT2D eigenvalue weighted by atomic mass is 16.5. The molecule has 0 N–H and O–H groups in total. The minimum atomic E-state index is -0.294. The molecule has 0 aromatic heterocycles. The Morgan fingerprint density at radius 2 is 1.87 bits per heavy atom. The van der Waals surface area contributed by atoms with Crippen molar-refractivity contribution >= 4 is 11.9 Å². The first-order chi connectivity index (χ1) is 7.10. The fourth-order valence-electron chi connectivity index (χ4n) is 1.33. The van der Waals surface area contributed by atoms with Gasteiger partial charge in [0.25, 0.3) is 0 Å². The number of hydrogen-bond acceptors (Lipinski definition) is 4. The molecule has 88 valence electrons. The number of hydrogen-bond donors (Lipinski definition) is 0. The number of esters is 2. The van der Waals surface area contributed by atoms with Crippen molar-refractivity contribution in [1.82, 2.24) is 0 Å². The molecule has 0 aromatic carbocycles. The van der Waals surface area contributed by atoms with Gasteiger partial charge in [-0.2, -0.15) is 0 Å². The van der Waals surface area contributed by atoms with Crippen LogP contribution in [-0.4, -0.2) is 24.6 Å². The maximum absolute atomic E-state index is 11.1.